The second-order valence-corrected chi connectivity index (χ2v) is 13.8. The molecule has 0 N–H and O–H groups in total. The molecule has 1 saturated carbocycles. The van der Waals surface area contributed by atoms with Crippen molar-refractivity contribution in [2.75, 3.05) is 20.1 Å². The molecule has 0 unspecified atom stereocenters. The maximum absolute atomic E-state index is 13.7. The lowest BCUT2D eigenvalue weighted by molar-refractivity contribution is -0.223. The predicted octanol–water partition coefficient (Wildman–Crippen LogP) is 6.14. The van der Waals surface area contributed by atoms with Crippen LogP contribution in [-0.4, -0.2) is 71.6 Å². The highest BCUT2D eigenvalue weighted by atomic mass is 19.4. The summed E-state index contributed by atoms with van der Waals surface area (Å²) < 4.78 is 59.0. The molecule has 2 aliphatic heterocycles. The van der Waals surface area contributed by atoms with E-state index in [1.165, 1.54) is 43.7 Å². The number of carbonyl (C=O) groups excluding carboxylic acids is 3. The fourth-order valence-electron chi connectivity index (χ4n) is 9.11. The molecule has 1 amide bonds. The first kappa shape index (κ1) is 33.8. The highest BCUT2D eigenvalue weighted by Gasteiger charge is 2.75. The molecule has 5 atom stereocenters. The minimum Gasteiger partial charge on any atom is -0.483 e. The number of piperidine rings is 1. The molecule has 4 aliphatic rings. The zero-order valence-corrected chi connectivity index (χ0v) is 28.2. The molecule has 3 aromatic rings. The minimum absolute atomic E-state index is 0.171. The van der Waals surface area contributed by atoms with Gasteiger partial charge in [0.15, 0.2) is 11.5 Å². The molecule has 0 radical (unpaired) electrons. The Hall–Kier alpha value is -4.64. The molecular formula is C39H39F3N2O6. The van der Waals surface area contributed by atoms with Crippen molar-refractivity contribution >= 4 is 23.9 Å². The van der Waals surface area contributed by atoms with E-state index < -0.39 is 52.7 Å². The van der Waals surface area contributed by atoms with E-state index in [1.807, 2.05) is 24.3 Å². The van der Waals surface area contributed by atoms with Crippen LogP contribution in [0.15, 0.2) is 72.8 Å². The van der Waals surface area contributed by atoms with E-state index in [-0.39, 0.29) is 17.4 Å². The number of alkyl halides is 3. The molecule has 50 heavy (non-hydrogen) atoms. The number of amides is 1. The van der Waals surface area contributed by atoms with Gasteiger partial charge in [0.25, 0.3) is 0 Å². The van der Waals surface area contributed by atoms with E-state index in [4.69, 9.17) is 14.2 Å². The summed E-state index contributed by atoms with van der Waals surface area (Å²) in [6, 6.07) is 18.1. The van der Waals surface area contributed by atoms with Crippen LogP contribution >= 0.6 is 0 Å². The lowest BCUT2D eigenvalue weighted by atomic mass is 9.48. The average molecular weight is 689 g/mol. The fraction of sp³-hybridized carbons (Fsp3) is 0.410. The average Bonchev–Trinajstić information content (AvgIpc) is 3.43. The number of ether oxygens (including phenoxy) is 3. The molecular weight excluding hydrogens is 649 g/mol. The Labute approximate surface area is 288 Å². The number of halogens is 3. The molecule has 7 rings (SSSR count). The molecule has 1 saturated heterocycles. The second-order valence-electron chi connectivity index (χ2n) is 13.8. The summed E-state index contributed by atoms with van der Waals surface area (Å²) in [5.41, 5.74) is 0.709. The van der Waals surface area contributed by atoms with Gasteiger partial charge in [-0.25, -0.2) is 0 Å². The third-order valence-corrected chi connectivity index (χ3v) is 11.1. The van der Waals surface area contributed by atoms with Gasteiger partial charge in [-0.2, -0.15) is 13.2 Å². The van der Waals surface area contributed by atoms with E-state index in [2.05, 4.69) is 17.0 Å². The summed E-state index contributed by atoms with van der Waals surface area (Å²) in [5.74, 6) is -0.604. The summed E-state index contributed by atoms with van der Waals surface area (Å²) >= 11 is 0. The maximum Gasteiger partial charge on any atom is 0.416 e. The Morgan fingerprint density at radius 2 is 1.80 bits per heavy atom. The SMILES string of the molecule is CC(=O)Oc1ccc2c3c1O[C@H]1[C@H](N(C)C(=O)C=Cc4cccc(C(F)(F)F)c4)CC[C@@]4(OC(C)=O)[C@@H](C2)N(CCc2ccccc2)CC[C@]314. The number of likely N-dealkylation sites (tertiary alicyclic amines) is 1. The Balaban J connectivity index is 1.27. The van der Waals surface area contributed by atoms with Crippen molar-refractivity contribution in [1.29, 1.82) is 0 Å². The summed E-state index contributed by atoms with van der Waals surface area (Å²) in [6.45, 7) is 4.20. The topological polar surface area (TPSA) is 85.4 Å². The Morgan fingerprint density at radius 1 is 1.02 bits per heavy atom. The lowest BCUT2D eigenvalue weighted by Crippen LogP contribution is -2.79. The van der Waals surface area contributed by atoms with Crippen LogP contribution in [0.5, 0.6) is 11.5 Å². The number of hydrogen-bond donors (Lipinski definition) is 0. The molecule has 0 aromatic heterocycles. The van der Waals surface area contributed by atoms with Gasteiger partial charge in [0.2, 0.25) is 5.91 Å². The van der Waals surface area contributed by atoms with Crippen molar-refractivity contribution < 1.29 is 41.8 Å². The highest BCUT2D eigenvalue weighted by molar-refractivity contribution is 5.92. The zero-order valence-electron chi connectivity index (χ0n) is 28.2. The fourth-order valence-corrected chi connectivity index (χ4v) is 9.11. The first-order chi connectivity index (χ1) is 23.8. The van der Waals surface area contributed by atoms with E-state index in [9.17, 15) is 27.6 Å². The Morgan fingerprint density at radius 3 is 2.52 bits per heavy atom. The lowest BCUT2D eigenvalue weighted by Gasteiger charge is -2.65. The summed E-state index contributed by atoms with van der Waals surface area (Å²) in [5, 5.41) is 0. The van der Waals surface area contributed by atoms with Crippen molar-refractivity contribution in [1.82, 2.24) is 9.80 Å². The third kappa shape index (κ3) is 5.55. The van der Waals surface area contributed by atoms with E-state index in [0.29, 0.717) is 38.0 Å². The van der Waals surface area contributed by atoms with Crippen LogP contribution in [0.4, 0.5) is 13.2 Å². The second kappa shape index (κ2) is 12.6. The van der Waals surface area contributed by atoms with Crippen molar-refractivity contribution in [2.24, 2.45) is 0 Å². The minimum atomic E-state index is -4.51. The van der Waals surface area contributed by atoms with Gasteiger partial charge in [-0.05, 0) is 79.6 Å². The Kier molecular flexibility index (Phi) is 8.53. The number of esters is 2. The first-order valence-corrected chi connectivity index (χ1v) is 17.0. The molecule has 11 heteroatoms. The van der Waals surface area contributed by atoms with Gasteiger partial charge >= 0.3 is 18.1 Å². The van der Waals surface area contributed by atoms with Crippen LogP contribution in [0.1, 0.15) is 60.9 Å². The largest absolute Gasteiger partial charge is 0.483 e. The molecule has 2 fully saturated rings. The molecule has 3 aromatic carbocycles. The quantitative estimate of drug-likeness (QED) is 0.160. The molecule has 2 heterocycles. The van der Waals surface area contributed by atoms with Crippen molar-refractivity contribution in [2.45, 2.75) is 81.3 Å². The van der Waals surface area contributed by atoms with Crippen LogP contribution in [0.3, 0.4) is 0 Å². The monoisotopic (exact) mass is 688 g/mol. The third-order valence-electron chi connectivity index (χ3n) is 11.1. The Bertz CT molecular complexity index is 1860. The van der Waals surface area contributed by atoms with Gasteiger partial charge in [-0.1, -0.05) is 48.5 Å². The first-order valence-electron chi connectivity index (χ1n) is 17.0. The van der Waals surface area contributed by atoms with Crippen molar-refractivity contribution in [3.05, 3.63) is 101 Å². The summed E-state index contributed by atoms with van der Waals surface area (Å²) in [7, 11) is 1.66. The van der Waals surface area contributed by atoms with Crippen LogP contribution < -0.4 is 9.47 Å². The number of hydrogen-bond acceptors (Lipinski definition) is 7. The highest BCUT2D eigenvalue weighted by Crippen LogP contribution is 2.67. The van der Waals surface area contributed by atoms with Gasteiger partial charge < -0.3 is 19.1 Å². The molecule has 2 bridgehead atoms. The molecule has 262 valence electrons. The van der Waals surface area contributed by atoms with Gasteiger partial charge in [0, 0.05) is 39.1 Å². The van der Waals surface area contributed by atoms with Crippen molar-refractivity contribution in [3.63, 3.8) is 0 Å². The standard InChI is InChI=1S/C39H39F3N2O6/c1-24(45)48-31-14-13-28-23-32-38(50-25(2)46)18-16-30(43(3)33(47)15-12-27-10-7-11-29(22-27)39(40,41)42)36-37(38,34(28)35(31)49-36)19-21-44(32)20-17-26-8-5-4-6-9-26/h4-15,22,30,32,36H,16-21,23H2,1-3H3/t30-,32-,36+,37+,38-/m1/s1. The van der Waals surface area contributed by atoms with E-state index >= 15 is 0 Å². The molecule has 2 aliphatic carbocycles. The van der Waals surface area contributed by atoms with Gasteiger partial charge in [-0.15, -0.1) is 0 Å². The van der Waals surface area contributed by atoms with Gasteiger partial charge in [0.05, 0.1) is 23.1 Å². The van der Waals surface area contributed by atoms with Crippen LogP contribution in [-0.2, 0) is 43.6 Å². The van der Waals surface area contributed by atoms with Crippen molar-refractivity contribution in [3.8, 4) is 11.5 Å². The summed E-state index contributed by atoms with van der Waals surface area (Å²) in [4.78, 5) is 43.0. The summed E-state index contributed by atoms with van der Waals surface area (Å²) in [6.07, 6.45) is 0.368. The number of likely N-dealkylation sites (N-methyl/N-ethyl adjacent to an activating group) is 1. The van der Waals surface area contributed by atoms with E-state index in [1.54, 1.807) is 18.0 Å². The van der Waals surface area contributed by atoms with Crippen LogP contribution in [0.25, 0.3) is 6.08 Å². The molecule has 8 nitrogen and oxygen atoms in total. The van der Waals surface area contributed by atoms with Crippen LogP contribution in [0, 0.1) is 0 Å². The van der Waals surface area contributed by atoms with E-state index in [0.717, 1.165) is 36.2 Å². The zero-order chi connectivity index (χ0) is 35.4. The van der Waals surface area contributed by atoms with Crippen LogP contribution in [0.2, 0.25) is 0 Å². The van der Waals surface area contributed by atoms with Gasteiger partial charge in [-0.3, -0.25) is 19.3 Å². The maximum atomic E-state index is 13.7. The number of rotatable bonds is 8. The molecule has 1 spiro atoms. The number of carbonyl (C=O) groups is 3. The predicted molar refractivity (Wildman–Crippen MR) is 178 cm³/mol. The smallest absolute Gasteiger partial charge is 0.416 e. The van der Waals surface area contributed by atoms with Gasteiger partial charge in [0.1, 0.15) is 11.7 Å². The number of nitrogens with zero attached hydrogens (tertiary/aromatic N) is 2. The normalized spacial score (nSPS) is 26.6. The number of benzene rings is 3.